The molecule has 0 spiro atoms. The monoisotopic (exact) mass is 272 g/mol. The number of nitrogens with zero attached hydrogens (tertiary/aromatic N) is 1. The number of hydrogen-bond acceptors (Lipinski definition) is 3. The van der Waals surface area contributed by atoms with E-state index in [1.807, 2.05) is 25.1 Å². The molecule has 0 fully saturated rings. The summed E-state index contributed by atoms with van der Waals surface area (Å²) in [5.41, 5.74) is 2.13. The van der Waals surface area contributed by atoms with Crippen LogP contribution in [0.1, 0.15) is 11.1 Å². The second kappa shape index (κ2) is 6.17. The lowest BCUT2D eigenvalue weighted by Crippen LogP contribution is -2.36. The molecule has 0 bridgehead atoms. The number of nitrogens with one attached hydrogen (secondary N) is 1. The first-order valence-electron chi connectivity index (χ1n) is 5.67. The van der Waals surface area contributed by atoms with Gasteiger partial charge in [-0.25, -0.2) is 4.72 Å². The summed E-state index contributed by atoms with van der Waals surface area (Å²) in [4.78, 5) is 0. The van der Waals surface area contributed by atoms with Crippen LogP contribution in [-0.2, 0) is 16.6 Å². The van der Waals surface area contributed by atoms with Crippen LogP contribution in [0.15, 0.2) is 18.2 Å². The lowest BCUT2D eigenvalue weighted by Gasteiger charge is -2.13. The quantitative estimate of drug-likeness (QED) is 0.838. The predicted molar refractivity (Wildman–Crippen MR) is 72.0 cm³/mol. The van der Waals surface area contributed by atoms with Crippen molar-refractivity contribution < 1.29 is 13.2 Å². The zero-order valence-electron chi connectivity index (χ0n) is 11.2. The Kier molecular flexibility index (Phi) is 5.13. The number of hydrogen-bond donors (Lipinski definition) is 1. The van der Waals surface area contributed by atoms with Crippen LogP contribution >= 0.6 is 0 Å². The van der Waals surface area contributed by atoms with E-state index in [4.69, 9.17) is 4.74 Å². The molecule has 1 N–H and O–H groups in total. The fourth-order valence-corrected chi connectivity index (χ4v) is 2.16. The number of benzene rings is 1. The molecular formula is C12H20N2O3S. The van der Waals surface area contributed by atoms with Gasteiger partial charge in [0.05, 0.1) is 7.11 Å². The molecule has 0 saturated carbocycles. The van der Waals surface area contributed by atoms with E-state index in [2.05, 4.69) is 4.72 Å². The van der Waals surface area contributed by atoms with Crippen LogP contribution in [0, 0.1) is 6.92 Å². The van der Waals surface area contributed by atoms with Gasteiger partial charge in [-0.05, 0) is 25.0 Å². The van der Waals surface area contributed by atoms with Crippen molar-refractivity contribution in [2.45, 2.75) is 13.3 Å². The van der Waals surface area contributed by atoms with E-state index in [0.717, 1.165) is 21.2 Å². The van der Waals surface area contributed by atoms with Crippen molar-refractivity contribution in [1.82, 2.24) is 9.03 Å². The topological polar surface area (TPSA) is 58.6 Å². The lowest BCUT2D eigenvalue weighted by atomic mass is 10.1. The highest BCUT2D eigenvalue weighted by Crippen LogP contribution is 2.19. The van der Waals surface area contributed by atoms with Crippen molar-refractivity contribution in [2.24, 2.45) is 0 Å². The van der Waals surface area contributed by atoms with Crippen molar-refractivity contribution in [3.63, 3.8) is 0 Å². The van der Waals surface area contributed by atoms with Crippen molar-refractivity contribution in [1.29, 1.82) is 0 Å². The van der Waals surface area contributed by atoms with Gasteiger partial charge < -0.3 is 4.74 Å². The third-order valence-corrected chi connectivity index (χ3v) is 4.13. The zero-order valence-corrected chi connectivity index (χ0v) is 12.0. The number of methoxy groups -OCH3 is 1. The number of aryl methyl sites for hydroxylation is 1. The Balaban J connectivity index is 2.67. The van der Waals surface area contributed by atoms with Crippen molar-refractivity contribution in [3.8, 4) is 5.75 Å². The number of ether oxygens (including phenoxy) is 1. The van der Waals surface area contributed by atoms with Gasteiger partial charge >= 0.3 is 0 Å². The van der Waals surface area contributed by atoms with E-state index in [1.54, 1.807) is 7.11 Å². The van der Waals surface area contributed by atoms with Crippen molar-refractivity contribution >= 4 is 10.2 Å². The maximum Gasteiger partial charge on any atom is 0.278 e. The maximum absolute atomic E-state index is 11.5. The second-order valence-corrected chi connectivity index (χ2v) is 6.22. The molecule has 5 nitrogen and oxygen atoms in total. The van der Waals surface area contributed by atoms with Crippen molar-refractivity contribution in [2.75, 3.05) is 27.7 Å². The molecule has 0 unspecified atom stereocenters. The fraction of sp³-hybridized carbons (Fsp3) is 0.500. The fourth-order valence-electron chi connectivity index (χ4n) is 1.55. The summed E-state index contributed by atoms with van der Waals surface area (Å²) in [6.07, 6.45) is 0.595. The zero-order chi connectivity index (χ0) is 13.8. The first-order valence-corrected chi connectivity index (χ1v) is 7.11. The Bertz CT molecular complexity index is 498. The minimum atomic E-state index is -3.36. The van der Waals surface area contributed by atoms with E-state index in [9.17, 15) is 8.42 Å². The first-order chi connectivity index (χ1) is 8.36. The Hall–Kier alpha value is -1.11. The molecule has 0 amide bonds. The summed E-state index contributed by atoms with van der Waals surface area (Å²) in [6, 6.07) is 5.86. The van der Waals surface area contributed by atoms with Gasteiger partial charge in [-0.2, -0.15) is 12.7 Å². The molecule has 0 aliphatic heterocycles. The molecule has 0 atom stereocenters. The van der Waals surface area contributed by atoms with Gasteiger partial charge in [0.25, 0.3) is 10.2 Å². The van der Waals surface area contributed by atoms with E-state index in [-0.39, 0.29) is 0 Å². The van der Waals surface area contributed by atoms with Gasteiger partial charge in [0.1, 0.15) is 5.75 Å². The third-order valence-electron chi connectivity index (χ3n) is 2.60. The van der Waals surface area contributed by atoms with Crippen LogP contribution in [-0.4, -0.2) is 40.5 Å². The van der Waals surface area contributed by atoms with Gasteiger partial charge in [0.15, 0.2) is 0 Å². The van der Waals surface area contributed by atoms with Gasteiger partial charge in [-0.3, -0.25) is 0 Å². The summed E-state index contributed by atoms with van der Waals surface area (Å²) in [5.74, 6) is 0.782. The average molecular weight is 272 g/mol. The third kappa shape index (κ3) is 3.97. The summed E-state index contributed by atoms with van der Waals surface area (Å²) >= 11 is 0. The SMILES string of the molecule is COc1ccc(C)cc1CCNS(=O)(=O)N(C)C. The van der Waals surface area contributed by atoms with Crippen LogP contribution in [0.4, 0.5) is 0 Å². The van der Waals surface area contributed by atoms with Gasteiger partial charge in [-0.1, -0.05) is 17.7 Å². The molecule has 0 aromatic heterocycles. The predicted octanol–water partition coefficient (Wildman–Crippen LogP) is 0.942. The molecule has 18 heavy (non-hydrogen) atoms. The van der Waals surface area contributed by atoms with E-state index >= 15 is 0 Å². The summed E-state index contributed by atoms with van der Waals surface area (Å²) in [6.45, 7) is 2.34. The van der Waals surface area contributed by atoms with E-state index < -0.39 is 10.2 Å². The van der Waals surface area contributed by atoms with Gasteiger partial charge in [0.2, 0.25) is 0 Å². The molecule has 1 aromatic rings. The van der Waals surface area contributed by atoms with E-state index in [0.29, 0.717) is 13.0 Å². The summed E-state index contributed by atoms with van der Waals surface area (Å²) < 4.78 is 32.0. The normalized spacial score (nSPS) is 11.8. The molecule has 0 aliphatic rings. The minimum Gasteiger partial charge on any atom is -0.496 e. The average Bonchev–Trinajstić information content (AvgIpc) is 2.29. The Morgan fingerprint density at radius 2 is 2.00 bits per heavy atom. The molecule has 1 aromatic carbocycles. The smallest absolute Gasteiger partial charge is 0.278 e. The van der Waals surface area contributed by atoms with Crippen LogP contribution in [0.3, 0.4) is 0 Å². The second-order valence-electron chi connectivity index (χ2n) is 4.25. The highest BCUT2D eigenvalue weighted by atomic mass is 32.2. The molecular weight excluding hydrogens is 252 g/mol. The van der Waals surface area contributed by atoms with Crippen molar-refractivity contribution in [3.05, 3.63) is 29.3 Å². The molecule has 0 saturated heterocycles. The Morgan fingerprint density at radius 3 is 2.56 bits per heavy atom. The molecule has 6 heteroatoms. The van der Waals surface area contributed by atoms with Gasteiger partial charge in [-0.15, -0.1) is 0 Å². The van der Waals surface area contributed by atoms with Crippen LogP contribution < -0.4 is 9.46 Å². The highest BCUT2D eigenvalue weighted by molar-refractivity contribution is 7.87. The molecule has 102 valence electrons. The summed E-state index contributed by atoms with van der Waals surface area (Å²) in [5, 5.41) is 0. The molecule has 1 rings (SSSR count). The largest absolute Gasteiger partial charge is 0.496 e. The maximum atomic E-state index is 11.5. The lowest BCUT2D eigenvalue weighted by molar-refractivity contribution is 0.409. The van der Waals surface area contributed by atoms with Crippen LogP contribution in [0.5, 0.6) is 5.75 Å². The van der Waals surface area contributed by atoms with Crippen LogP contribution in [0.25, 0.3) is 0 Å². The van der Waals surface area contributed by atoms with Gasteiger partial charge in [0, 0.05) is 20.6 Å². The minimum absolute atomic E-state index is 0.348. The molecule has 0 radical (unpaired) electrons. The molecule has 0 heterocycles. The van der Waals surface area contributed by atoms with Crippen LogP contribution in [0.2, 0.25) is 0 Å². The Labute approximate surface area is 109 Å². The standard InChI is InChI=1S/C12H20N2O3S/c1-10-5-6-12(17-4)11(9-10)7-8-13-18(15,16)14(2)3/h5-6,9,13H,7-8H2,1-4H3. The van der Waals surface area contributed by atoms with E-state index in [1.165, 1.54) is 14.1 Å². The number of rotatable bonds is 6. The Morgan fingerprint density at radius 1 is 1.33 bits per heavy atom. The highest BCUT2D eigenvalue weighted by Gasteiger charge is 2.12. The molecule has 0 aliphatic carbocycles. The summed E-state index contributed by atoms with van der Waals surface area (Å²) in [7, 11) is 1.24. The first kappa shape index (κ1) is 14.9.